The molecule has 2 aromatic carbocycles. The molecule has 0 fully saturated rings. The van der Waals surface area contributed by atoms with Gasteiger partial charge in [-0.2, -0.15) is 0 Å². The van der Waals surface area contributed by atoms with E-state index in [1.54, 1.807) is 0 Å². The van der Waals surface area contributed by atoms with Crippen molar-refractivity contribution in [3.8, 4) is 5.75 Å². The van der Waals surface area contributed by atoms with E-state index in [4.69, 9.17) is 4.74 Å². The maximum atomic E-state index is 10.9. The van der Waals surface area contributed by atoms with E-state index in [0.29, 0.717) is 12.5 Å². The first-order valence-electron chi connectivity index (χ1n) is 11.2. The minimum Gasteiger partial charge on any atom is -0.489 e. The lowest BCUT2D eigenvalue weighted by Crippen LogP contribution is -2.28. The first kappa shape index (κ1) is 24.4. The Hall–Kier alpha value is -1.88. The fourth-order valence-electron chi connectivity index (χ4n) is 3.72. The molecule has 0 aliphatic carbocycles. The van der Waals surface area contributed by atoms with Crippen molar-refractivity contribution in [2.75, 3.05) is 0 Å². The second kappa shape index (κ2) is 12.1. The quantitative estimate of drug-likeness (QED) is 0.424. The molecule has 30 heavy (non-hydrogen) atoms. The predicted molar refractivity (Wildman–Crippen MR) is 121 cm³/mol. The van der Waals surface area contributed by atoms with Gasteiger partial charge in [-0.05, 0) is 72.1 Å². The number of aliphatic hydroxyl groups is 3. The van der Waals surface area contributed by atoms with Gasteiger partial charge in [-0.15, -0.1) is 0 Å². The van der Waals surface area contributed by atoms with E-state index in [9.17, 15) is 15.3 Å². The molecule has 0 amide bonds. The van der Waals surface area contributed by atoms with Gasteiger partial charge in [-0.1, -0.05) is 57.9 Å². The van der Waals surface area contributed by atoms with Gasteiger partial charge in [0, 0.05) is 0 Å². The molecule has 0 saturated carbocycles. The molecule has 0 bridgehead atoms. The van der Waals surface area contributed by atoms with E-state index in [1.807, 2.05) is 36.4 Å². The normalized spacial score (nSPS) is 13.4. The highest BCUT2D eigenvalue weighted by atomic mass is 16.5. The summed E-state index contributed by atoms with van der Waals surface area (Å²) in [4.78, 5) is 0. The molecule has 0 spiro atoms. The van der Waals surface area contributed by atoms with Crippen LogP contribution in [0.15, 0.2) is 42.5 Å². The molecule has 2 rings (SSSR count). The number of rotatable bonds is 13. The van der Waals surface area contributed by atoms with E-state index in [2.05, 4.69) is 26.8 Å². The Kier molecular flexibility index (Phi) is 9.83. The van der Waals surface area contributed by atoms with Crippen LogP contribution in [0.2, 0.25) is 0 Å². The monoisotopic (exact) mass is 414 g/mol. The van der Waals surface area contributed by atoms with Crippen molar-refractivity contribution in [3.63, 3.8) is 0 Å². The third-order valence-corrected chi connectivity index (χ3v) is 5.88. The second-order valence-corrected chi connectivity index (χ2v) is 8.72. The summed E-state index contributed by atoms with van der Waals surface area (Å²) >= 11 is 0. The van der Waals surface area contributed by atoms with Crippen LogP contribution in [0, 0.1) is 5.92 Å². The molecule has 2 aromatic rings. The van der Waals surface area contributed by atoms with Crippen molar-refractivity contribution < 1.29 is 20.1 Å². The van der Waals surface area contributed by atoms with Gasteiger partial charge in [0.25, 0.3) is 0 Å². The number of aryl methyl sites for hydroxylation is 1. The summed E-state index contributed by atoms with van der Waals surface area (Å²) in [5, 5.41) is 29.7. The van der Waals surface area contributed by atoms with E-state index in [1.165, 1.54) is 0 Å². The van der Waals surface area contributed by atoms with Crippen LogP contribution in [0.5, 0.6) is 5.75 Å². The fraction of sp³-hybridized carbons (Fsp3) is 0.538. The molecule has 0 aliphatic rings. The highest BCUT2D eigenvalue weighted by molar-refractivity contribution is 5.32. The Balaban J connectivity index is 1.92. The van der Waals surface area contributed by atoms with E-state index in [0.717, 1.165) is 66.5 Å². The lowest BCUT2D eigenvalue weighted by Gasteiger charge is -2.27. The molecule has 3 N–H and O–H groups in total. The topological polar surface area (TPSA) is 69.9 Å². The van der Waals surface area contributed by atoms with Crippen LogP contribution in [-0.2, 0) is 26.2 Å². The largest absolute Gasteiger partial charge is 0.489 e. The summed E-state index contributed by atoms with van der Waals surface area (Å²) < 4.78 is 5.95. The van der Waals surface area contributed by atoms with Crippen LogP contribution in [0.1, 0.15) is 75.1 Å². The van der Waals surface area contributed by atoms with Gasteiger partial charge in [0.2, 0.25) is 0 Å². The summed E-state index contributed by atoms with van der Waals surface area (Å²) in [5.74, 6) is 1.47. The molecule has 4 heteroatoms. The molecule has 1 unspecified atom stereocenters. The SMILES string of the molecule is CCC(O)(CCCC(C)C)CCc1cccc(OCc2ccc(CO)c(CO)c2)c1. The lowest BCUT2D eigenvalue weighted by atomic mass is 9.86. The Morgan fingerprint density at radius 1 is 0.933 bits per heavy atom. The van der Waals surface area contributed by atoms with Gasteiger partial charge < -0.3 is 20.1 Å². The zero-order valence-electron chi connectivity index (χ0n) is 18.7. The van der Waals surface area contributed by atoms with Gasteiger partial charge in [0.15, 0.2) is 0 Å². The highest BCUT2D eigenvalue weighted by Crippen LogP contribution is 2.27. The first-order chi connectivity index (χ1) is 14.4. The molecule has 0 aromatic heterocycles. The average Bonchev–Trinajstić information content (AvgIpc) is 2.76. The molecule has 1 atom stereocenters. The van der Waals surface area contributed by atoms with Crippen molar-refractivity contribution in [2.24, 2.45) is 5.92 Å². The number of hydrogen-bond donors (Lipinski definition) is 3. The Morgan fingerprint density at radius 2 is 1.70 bits per heavy atom. The van der Waals surface area contributed by atoms with Gasteiger partial charge in [0.1, 0.15) is 12.4 Å². The standard InChI is InChI=1S/C26H38O4/c1-4-26(29,13-6-7-20(2)3)14-12-21-8-5-9-25(16-21)30-19-22-10-11-23(17-27)24(15-22)18-28/h5,8-11,15-16,20,27-29H,4,6-7,12-14,17-19H2,1-3H3. The average molecular weight is 415 g/mol. The molecule has 0 aliphatic heterocycles. The summed E-state index contributed by atoms with van der Waals surface area (Å²) in [6.07, 6.45) is 5.43. The molecule has 0 heterocycles. The van der Waals surface area contributed by atoms with Gasteiger partial charge in [-0.25, -0.2) is 0 Å². The van der Waals surface area contributed by atoms with E-state index >= 15 is 0 Å². The third kappa shape index (κ3) is 7.75. The minimum atomic E-state index is -0.596. The molecule has 0 saturated heterocycles. The van der Waals surface area contributed by atoms with Crippen LogP contribution in [0.25, 0.3) is 0 Å². The van der Waals surface area contributed by atoms with E-state index in [-0.39, 0.29) is 13.2 Å². The van der Waals surface area contributed by atoms with Gasteiger partial charge in [0.05, 0.1) is 18.8 Å². The van der Waals surface area contributed by atoms with Crippen LogP contribution in [-0.4, -0.2) is 20.9 Å². The van der Waals surface area contributed by atoms with Gasteiger partial charge >= 0.3 is 0 Å². The summed E-state index contributed by atoms with van der Waals surface area (Å²) in [6, 6.07) is 13.7. The van der Waals surface area contributed by atoms with Crippen LogP contribution < -0.4 is 4.74 Å². The van der Waals surface area contributed by atoms with E-state index < -0.39 is 5.60 Å². The molecular weight excluding hydrogens is 376 g/mol. The minimum absolute atomic E-state index is 0.0827. The second-order valence-electron chi connectivity index (χ2n) is 8.72. The van der Waals surface area contributed by atoms with Crippen LogP contribution >= 0.6 is 0 Å². The first-order valence-corrected chi connectivity index (χ1v) is 11.2. The Bertz CT molecular complexity index is 771. The number of ether oxygens (including phenoxy) is 1. The molecule has 0 radical (unpaired) electrons. The third-order valence-electron chi connectivity index (χ3n) is 5.88. The Labute approximate surface area is 181 Å². The predicted octanol–water partition coefficient (Wildman–Crippen LogP) is 5.15. The highest BCUT2D eigenvalue weighted by Gasteiger charge is 2.24. The van der Waals surface area contributed by atoms with Crippen molar-refractivity contribution >= 4 is 0 Å². The van der Waals surface area contributed by atoms with Crippen molar-refractivity contribution in [3.05, 3.63) is 64.7 Å². The maximum absolute atomic E-state index is 10.9. The maximum Gasteiger partial charge on any atom is 0.120 e. The smallest absolute Gasteiger partial charge is 0.120 e. The van der Waals surface area contributed by atoms with Crippen LogP contribution in [0.3, 0.4) is 0 Å². The summed E-state index contributed by atoms with van der Waals surface area (Å²) in [5.41, 5.74) is 2.98. The van der Waals surface area contributed by atoms with Crippen LogP contribution in [0.4, 0.5) is 0 Å². The number of benzene rings is 2. The molecular formula is C26H38O4. The molecule has 4 nitrogen and oxygen atoms in total. The van der Waals surface area contributed by atoms with Gasteiger partial charge in [-0.3, -0.25) is 0 Å². The zero-order chi connectivity index (χ0) is 22.0. The van der Waals surface area contributed by atoms with Crippen molar-refractivity contribution in [1.29, 1.82) is 0 Å². The number of hydrogen-bond acceptors (Lipinski definition) is 4. The lowest BCUT2D eigenvalue weighted by molar-refractivity contribution is 0.0161. The van der Waals surface area contributed by atoms with Crippen molar-refractivity contribution in [1.82, 2.24) is 0 Å². The number of aliphatic hydroxyl groups excluding tert-OH is 2. The Morgan fingerprint density at radius 3 is 2.37 bits per heavy atom. The zero-order valence-corrected chi connectivity index (χ0v) is 18.7. The molecule has 166 valence electrons. The summed E-state index contributed by atoms with van der Waals surface area (Å²) in [7, 11) is 0. The fourth-order valence-corrected chi connectivity index (χ4v) is 3.72. The van der Waals surface area contributed by atoms with Crippen molar-refractivity contribution in [2.45, 2.75) is 84.7 Å². The summed E-state index contributed by atoms with van der Waals surface area (Å²) in [6.45, 7) is 6.73.